The lowest BCUT2D eigenvalue weighted by Gasteiger charge is -2.29. The molecule has 1 heterocycles. The van der Waals surface area contributed by atoms with Gasteiger partial charge in [0.1, 0.15) is 0 Å². The van der Waals surface area contributed by atoms with Gasteiger partial charge < -0.3 is 10.2 Å². The molecule has 5 heteroatoms. The number of nitro groups is 1. The minimum absolute atomic E-state index is 0.181. The predicted octanol–water partition coefficient (Wildman–Crippen LogP) is 2.62. The molecule has 3 rings (SSSR count). The van der Waals surface area contributed by atoms with Gasteiger partial charge in [0.15, 0.2) is 0 Å². The summed E-state index contributed by atoms with van der Waals surface area (Å²) in [5.74, 6) is 0. The van der Waals surface area contributed by atoms with Gasteiger partial charge in [-0.3, -0.25) is 10.1 Å². The smallest absolute Gasteiger partial charge is 0.269 e. The summed E-state index contributed by atoms with van der Waals surface area (Å²) in [6.07, 6.45) is 4.96. The molecule has 5 nitrogen and oxygen atoms in total. The average Bonchev–Trinajstić information content (AvgIpc) is 3.14. The Morgan fingerprint density at radius 3 is 2.75 bits per heavy atom. The Morgan fingerprint density at radius 2 is 2.20 bits per heavy atom. The van der Waals surface area contributed by atoms with Gasteiger partial charge >= 0.3 is 0 Å². The van der Waals surface area contributed by atoms with Gasteiger partial charge in [0, 0.05) is 36.4 Å². The molecule has 1 aromatic rings. The summed E-state index contributed by atoms with van der Waals surface area (Å²) >= 11 is 0. The maximum Gasteiger partial charge on any atom is 0.269 e. The highest BCUT2D eigenvalue weighted by Crippen LogP contribution is 2.35. The van der Waals surface area contributed by atoms with Gasteiger partial charge in [-0.2, -0.15) is 0 Å². The standard InChI is InChI=1S/C15H21N3O2/c1-11-9-14(18(19)20)6-7-15(11)17(13-4-5-13)10-12-3-2-8-16-12/h6-7,9,12-13,16H,2-5,8,10H2,1H3. The summed E-state index contributed by atoms with van der Waals surface area (Å²) < 4.78 is 0. The van der Waals surface area contributed by atoms with Crippen LogP contribution in [0.15, 0.2) is 18.2 Å². The number of nitrogens with one attached hydrogen (secondary N) is 1. The van der Waals surface area contributed by atoms with Crippen LogP contribution in [-0.4, -0.2) is 30.1 Å². The molecule has 1 N–H and O–H groups in total. The molecule has 2 fully saturated rings. The van der Waals surface area contributed by atoms with Crippen molar-refractivity contribution in [2.75, 3.05) is 18.0 Å². The topological polar surface area (TPSA) is 58.4 Å². The summed E-state index contributed by atoms with van der Waals surface area (Å²) in [4.78, 5) is 13.0. The maximum atomic E-state index is 10.8. The van der Waals surface area contributed by atoms with E-state index >= 15 is 0 Å². The third-order valence-corrected chi connectivity index (χ3v) is 4.27. The number of nitro benzene ring substituents is 1. The minimum atomic E-state index is -0.323. The van der Waals surface area contributed by atoms with E-state index in [2.05, 4.69) is 10.2 Å². The summed E-state index contributed by atoms with van der Waals surface area (Å²) in [6, 6.07) is 6.41. The third-order valence-electron chi connectivity index (χ3n) is 4.27. The Balaban J connectivity index is 1.81. The van der Waals surface area contributed by atoms with Crippen molar-refractivity contribution in [2.45, 2.75) is 44.7 Å². The van der Waals surface area contributed by atoms with Crippen molar-refractivity contribution >= 4 is 11.4 Å². The lowest BCUT2D eigenvalue weighted by atomic mass is 10.1. The fraction of sp³-hybridized carbons (Fsp3) is 0.600. The van der Waals surface area contributed by atoms with E-state index in [0.717, 1.165) is 24.3 Å². The van der Waals surface area contributed by atoms with E-state index in [4.69, 9.17) is 0 Å². The molecule has 1 saturated heterocycles. The van der Waals surface area contributed by atoms with Crippen LogP contribution < -0.4 is 10.2 Å². The van der Waals surface area contributed by atoms with Gasteiger partial charge in [-0.15, -0.1) is 0 Å². The predicted molar refractivity (Wildman–Crippen MR) is 79.2 cm³/mol. The molecule has 20 heavy (non-hydrogen) atoms. The number of aryl methyl sites for hydroxylation is 1. The first kappa shape index (κ1) is 13.4. The van der Waals surface area contributed by atoms with E-state index in [-0.39, 0.29) is 10.6 Å². The molecular weight excluding hydrogens is 254 g/mol. The first-order valence-corrected chi connectivity index (χ1v) is 7.40. The lowest BCUT2D eigenvalue weighted by Crippen LogP contribution is -2.39. The molecule has 2 aliphatic rings. The fourth-order valence-electron chi connectivity index (χ4n) is 3.06. The Labute approximate surface area is 119 Å². The van der Waals surface area contributed by atoms with Crippen LogP contribution >= 0.6 is 0 Å². The summed E-state index contributed by atoms with van der Waals surface area (Å²) in [5.41, 5.74) is 2.34. The summed E-state index contributed by atoms with van der Waals surface area (Å²) in [6.45, 7) is 4.10. The number of hydrogen-bond acceptors (Lipinski definition) is 4. The monoisotopic (exact) mass is 275 g/mol. The van der Waals surface area contributed by atoms with Crippen LogP contribution in [0.5, 0.6) is 0 Å². The Bertz CT molecular complexity index is 508. The zero-order chi connectivity index (χ0) is 14.1. The third kappa shape index (κ3) is 2.77. The summed E-state index contributed by atoms with van der Waals surface area (Å²) in [7, 11) is 0. The molecule has 1 aliphatic heterocycles. The quantitative estimate of drug-likeness (QED) is 0.663. The van der Waals surface area contributed by atoms with Crippen LogP contribution in [0.1, 0.15) is 31.2 Å². The number of hydrogen-bond donors (Lipinski definition) is 1. The Kier molecular flexibility index (Phi) is 3.61. The second-order valence-electron chi connectivity index (χ2n) is 5.90. The van der Waals surface area contributed by atoms with Crippen LogP contribution in [0.4, 0.5) is 11.4 Å². The van der Waals surface area contributed by atoms with Crippen LogP contribution in [0.25, 0.3) is 0 Å². The Morgan fingerprint density at radius 1 is 1.40 bits per heavy atom. The highest BCUT2D eigenvalue weighted by molar-refractivity contribution is 5.58. The zero-order valence-corrected chi connectivity index (χ0v) is 11.8. The van der Waals surface area contributed by atoms with Crippen LogP contribution in [0.2, 0.25) is 0 Å². The molecule has 0 spiro atoms. The Hall–Kier alpha value is -1.62. The van der Waals surface area contributed by atoms with Gasteiger partial charge in [0.25, 0.3) is 5.69 Å². The van der Waals surface area contributed by atoms with Gasteiger partial charge in [-0.25, -0.2) is 0 Å². The summed E-state index contributed by atoms with van der Waals surface area (Å²) in [5, 5.41) is 14.4. The number of rotatable bonds is 5. The molecule has 108 valence electrons. The van der Waals surface area contributed by atoms with Crippen molar-refractivity contribution in [3.63, 3.8) is 0 Å². The first-order valence-electron chi connectivity index (χ1n) is 7.40. The second-order valence-corrected chi connectivity index (χ2v) is 5.90. The highest BCUT2D eigenvalue weighted by Gasteiger charge is 2.32. The highest BCUT2D eigenvalue weighted by atomic mass is 16.6. The molecule has 1 aliphatic carbocycles. The molecule has 0 radical (unpaired) electrons. The fourth-order valence-corrected chi connectivity index (χ4v) is 3.06. The molecule has 1 unspecified atom stereocenters. The average molecular weight is 275 g/mol. The molecule has 0 amide bonds. The van der Waals surface area contributed by atoms with E-state index in [1.807, 2.05) is 13.0 Å². The van der Waals surface area contributed by atoms with Gasteiger partial charge in [0.05, 0.1) is 4.92 Å². The van der Waals surface area contributed by atoms with Gasteiger partial charge in [-0.1, -0.05) is 0 Å². The van der Waals surface area contributed by atoms with Gasteiger partial charge in [0.2, 0.25) is 0 Å². The molecule has 1 atom stereocenters. The minimum Gasteiger partial charge on any atom is -0.367 e. The van der Waals surface area contributed by atoms with E-state index in [0.29, 0.717) is 12.1 Å². The maximum absolute atomic E-state index is 10.8. The molecule has 1 saturated carbocycles. The molecule has 0 aromatic heterocycles. The van der Waals surface area contributed by atoms with Crippen LogP contribution in [0.3, 0.4) is 0 Å². The second kappa shape index (κ2) is 5.40. The van der Waals surface area contributed by atoms with Crippen molar-refractivity contribution < 1.29 is 4.92 Å². The number of non-ortho nitro benzene ring substituents is 1. The van der Waals surface area contributed by atoms with Crippen molar-refractivity contribution in [3.05, 3.63) is 33.9 Å². The molecule has 1 aromatic carbocycles. The van der Waals surface area contributed by atoms with E-state index in [1.165, 1.54) is 25.7 Å². The van der Waals surface area contributed by atoms with Crippen LogP contribution in [-0.2, 0) is 0 Å². The van der Waals surface area contributed by atoms with Crippen molar-refractivity contribution in [2.24, 2.45) is 0 Å². The van der Waals surface area contributed by atoms with Crippen molar-refractivity contribution in [1.82, 2.24) is 5.32 Å². The number of benzene rings is 1. The van der Waals surface area contributed by atoms with Crippen molar-refractivity contribution in [1.29, 1.82) is 0 Å². The molecule has 0 bridgehead atoms. The number of nitrogens with zero attached hydrogens (tertiary/aromatic N) is 2. The van der Waals surface area contributed by atoms with Crippen molar-refractivity contribution in [3.8, 4) is 0 Å². The first-order chi connectivity index (χ1) is 9.65. The zero-order valence-electron chi connectivity index (χ0n) is 11.8. The van der Waals surface area contributed by atoms with E-state index < -0.39 is 0 Å². The van der Waals surface area contributed by atoms with Crippen LogP contribution in [0, 0.1) is 17.0 Å². The lowest BCUT2D eigenvalue weighted by molar-refractivity contribution is -0.384. The molecular formula is C15H21N3O2. The van der Waals surface area contributed by atoms with Gasteiger partial charge in [-0.05, 0) is 50.8 Å². The van der Waals surface area contributed by atoms with E-state index in [9.17, 15) is 10.1 Å². The van der Waals surface area contributed by atoms with E-state index in [1.54, 1.807) is 12.1 Å². The normalized spacial score (nSPS) is 21.9. The largest absolute Gasteiger partial charge is 0.367 e. The SMILES string of the molecule is Cc1cc([N+](=O)[O-])ccc1N(CC1CCCN1)C1CC1. The number of anilines is 1.